The zero-order chi connectivity index (χ0) is 21.8. The molecule has 164 valence electrons. The maximum atomic E-state index is 13.1. The number of benzene rings is 1. The number of carbonyl (C=O) groups is 1. The number of fused-ring (bicyclic) bond motifs is 6. The van der Waals surface area contributed by atoms with Crippen molar-refractivity contribution in [3.63, 3.8) is 0 Å². The Balaban J connectivity index is 1.56. The number of aryl methyl sites for hydroxylation is 1. The van der Waals surface area contributed by atoms with Crippen molar-refractivity contribution in [1.29, 1.82) is 0 Å². The monoisotopic (exact) mass is 431 g/mol. The van der Waals surface area contributed by atoms with E-state index in [0.717, 1.165) is 47.2 Å². The van der Waals surface area contributed by atoms with Crippen LogP contribution >= 0.6 is 0 Å². The van der Waals surface area contributed by atoms with Crippen LogP contribution in [0.25, 0.3) is 16.6 Å². The number of carbonyl (C=O) groups excluding carboxylic acids is 1. The first-order valence-corrected chi connectivity index (χ1v) is 10.9. The van der Waals surface area contributed by atoms with Crippen molar-refractivity contribution < 1.29 is 9.53 Å². The lowest BCUT2D eigenvalue weighted by molar-refractivity contribution is 0.0273. The minimum absolute atomic E-state index is 0.0133. The fraction of sp³-hybridized carbons (Fsp3) is 0.348. The third-order valence-electron chi connectivity index (χ3n) is 6.53. The molecule has 32 heavy (non-hydrogen) atoms. The van der Waals surface area contributed by atoms with Crippen molar-refractivity contribution in [2.45, 2.75) is 38.0 Å². The lowest BCUT2D eigenvalue weighted by atomic mass is 10.1. The van der Waals surface area contributed by atoms with Gasteiger partial charge in [-0.2, -0.15) is 9.61 Å². The first-order valence-electron chi connectivity index (χ1n) is 10.9. The van der Waals surface area contributed by atoms with E-state index in [-0.39, 0.29) is 18.1 Å². The molecule has 4 bridgehead atoms. The second-order valence-electron chi connectivity index (χ2n) is 8.56. The molecule has 0 spiro atoms. The van der Waals surface area contributed by atoms with Crippen molar-refractivity contribution >= 4 is 39.8 Å². The van der Waals surface area contributed by atoms with Gasteiger partial charge in [-0.15, -0.1) is 0 Å². The fourth-order valence-corrected chi connectivity index (χ4v) is 4.86. The number of ether oxygens (including phenoxy) is 1. The molecular weight excluding hydrogens is 406 g/mol. The third kappa shape index (κ3) is 3.00. The molecule has 0 saturated heterocycles. The van der Waals surface area contributed by atoms with Gasteiger partial charge in [0, 0.05) is 37.4 Å². The SMILES string of the molecule is CNc1cc2nc3c(cnn13)C(=O)N[C@@H]1CCC[C@@H]1OCc1cc(c3ccn(C)c3c1)N2. The predicted octanol–water partition coefficient (Wildman–Crippen LogP) is 3.19. The van der Waals surface area contributed by atoms with Crippen molar-refractivity contribution in [1.82, 2.24) is 24.5 Å². The Labute approximate surface area is 184 Å². The topological polar surface area (TPSA) is 97.5 Å². The lowest BCUT2D eigenvalue weighted by Crippen LogP contribution is -2.41. The first-order chi connectivity index (χ1) is 15.6. The van der Waals surface area contributed by atoms with E-state index < -0.39 is 0 Å². The van der Waals surface area contributed by atoms with Crippen LogP contribution < -0.4 is 16.0 Å². The predicted molar refractivity (Wildman–Crippen MR) is 122 cm³/mol. The van der Waals surface area contributed by atoms with Crippen LogP contribution in [0, 0.1) is 0 Å². The molecule has 2 aliphatic rings. The lowest BCUT2D eigenvalue weighted by Gasteiger charge is -2.22. The van der Waals surface area contributed by atoms with Gasteiger partial charge in [0.25, 0.3) is 5.91 Å². The van der Waals surface area contributed by atoms with Gasteiger partial charge in [0.15, 0.2) is 5.65 Å². The summed E-state index contributed by atoms with van der Waals surface area (Å²) in [7, 11) is 3.87. The van der Waals surface area contributed by atoms with Crippen LogP contribution in [0.5, 0.6) is 0 Å². The summed E-state index contributed by atoms with van der Waals surface area (Å²) in [4.78, 5) is 17.9. The van der Waals surface area contributed by atoms with Crippen molar-refractivity contribution in [3.8, 4) is 0 Å². The van der Waals surface area contributed by atoms with Gasteiger partial charge in [-0.3, -0.25) is 4.79 Å². The molecule has 2 atom stereocenters. The molecule has 9 nitrogen and oxygen atoms in total. The van der Waals surface area contributed by atoms with Crippen LogP contribution in [0.15, 0.2) is 36.7 Å². The number of hydrogen-bond acceptors (Lipinski definition) is 6. The number of aromatic nitrogens is 4. The van der Waals surface area contributed by atoms with Gasteiger partial charge in [0.2, 0.25) is 0 Å². The van der Waals surface area contributed by atoms with E-state index in [1.54, 1.807) is 10.7 Å². The zero-order valence-electron chi connectivity index (χ0n) is 18.1. The normalized spacial score (nSPS) is 20.8. The second kappa shape index (κ2) is 7.23. The molecule has 1 saturated carbocycles. The maximum Gasteiger partial charge on any atom is 0.257 e. The zero-order valence-corrected chi connectivity index (χ0v) is 18.1. The Morgan fingerprint density at radius 1 is 1.25 bits per heavy atom. The van der Waals surface area contributed by atoms with Gasteiger partial charge in [0.1, 0.15) is 17.2 Å². The molecule has 0 unspecified atom stereocenters. The van der Waals surface area contributed by atoms with Crippen molar-refractivity contribution in [3.05, 3.63) is 47.8 Å². The van der Waals surface area contributed by atoms with Gasteiger partial charge in [-0.05, 0) is 43.0 Å². The number of nitrogens with zero attached hydrogens (tertiary/aromatic N) is 4. The Hall–Kier alpha value is -3.59. The third-order valence-corrected chi connectivity index (χ3v) is 6.53. The van der Waals surface area contributed by atoms with Crippen LogP contribution in [-0.2, 0) is 18.4 Å². The number of amides is 1. The van der Waals surface area contributed by atoms with Crippen molar-refractivity contribution in [2.75, 3.05) is 17.7 Å². The molecule has 0 radical (unpaired) electrons. The molecule has 1 aromatic carbocycles. The van der Waals surface area contributed by atoms with E-state index in [2.05, 4.69) is 50.0 Å². The molecule has 3 N–H and O–H groups in total. The highest BCUT2D eigenvalue weighted by molar-refractivity contribution is 6.00. The van der Waals surface area contributed by atoms with E-state index in [9.17, 15) is 4.79 Å². The Morgan fingerprint density at radius 2 is 2.16 bits per heavy atom. The summed E-state index contributed by atoms with van der Waals surface area (Å²) in [6, 6.07) is 8.24. The number of anilines is 3. The maximum absolute atomic E-state index is 13.1. The van der Waals surface area contributed by atoms with Crippen LogP contribution in [0.1, 0.15) is 35.2 Å². The smallest absolute Gasteiger partial charge is 0.257 e. The van der Waals surface area contributed by atoms with Gasteiger partial charge in [-0.1, -0.05) is 0 Å². The van der Waals surface area contributed by atoms with Gasteiger partial charge < -0.3 is 25.3 Å². The molecule has 1 aliphatic heterocycles. The van der Waals surface area contributed by atoms with Gasteiger partial charge >= 0.3 is 0 Å². The summed E-state index contributed by atoms with van der Waals surface area (Å²) in [5.41, 5.74) is 4.11. The Morgan fingerprint density at radius 3 is 3.03 bits per heavy atom. The van der Waals surface area contributed by atoms with E-state index in [4.69, 9.17) is 9.72 Å². The standard InChI is InChI=1S/C23H25N7O2/c1-24-21-10-20-26-17-8-13(9-18-14(17)6-7-29(18)2)12-32-19-5-3-4-16(19)27-23(31)15-11-25-30(21)22(15)28-20/h6-11,16,19,24H,3-5,12H2,1-2H3,(H,26,28)(H,27,31)/t16-,19+/m1/s1. The highest BCUT2D eigenvalue weighted by Gasteiger charge is 2.31. The molecule has 3 aromatic heterocycles. The van der Waals surface area contributed by atoms with Crippen LogP contribution in [0.2, 0.25) is 0 Å². The quantitative estimate of drug-likeness (QED) is 0.428. The van der Waals surface area contributed by atoms with E-state index in [1.807, 2.05) is 20.2 Å². The molecular formula is C23H25N7O2. The molecule has 4 heterocycles. The minimum Gasteiger partial charge on any atom is -0.373 e. The van der Waals surface area contributed by atoms with Gasteiger partial charge in [0.05, 0.1) is 30.5 Å². The summed E-state index contributed by atoms with van der Waals surface area (Å²) >= 11 is 0. The van der Waals surface area contributed by atoms with Crippen LogP contribution in [0.3, 0.4) is 0 Å². The van der Waals surface area contributed by atoms with Gasteiger partial charge in [-0.25, -0.2) is 4.98 Å². The average molecular weight is 432 g/mol. The highest BCUT2D eigenvalue weighted by atomic mass is 16.5. The largest absolute Gasteiger partial charge is 0.373 e. The second-order valence-corrected chi connectivity index (χ2v) is 8.56. The van der Waals surface area contributed by atoms with Crippen molar-refractivity contribution in [2.24, 2.45) is 7.05 Å². The van der Waals surface area contributed by atoms with Crippen LogP contribution in [0.4, 0.5) is 17.3 Å². The highest BCUT2D eigenvalue weighted by Crippen LogP contribution is 2.32. The van der Waals surface area contributed by atoms with E-state index >= 15 is 0 Å². The number of nitrogens with one attached hydrogen (secondary N) is 3. The molecule has 1 fully saturated rings. The molecule has 9 heteroatoms. The number of hydrogen-bond donors (Lipinski definition) is 3. The van der Waals surface area contributed by atoms with E-state index in [1.165, 1.54) is 0 Å². The Kier molecular flexibility index (Phi) is 4.32. The first kappa shape index (κ1) is 19.1. The molecule has 4 aromatic rings. The minimum atomic E-state index is -0.173. The summed E-state index contributed by atoms with van der Waals surface area (Å²) in [6.07, 6.45) is 6.48. The fourth-order valence-electron chi connectivity index (χ4n) is 4.86. The average Bonchev–Trinajstić information content (AvgIpc) is 3.50. The Bertz CT molecular complexity index is 1360. The van der Waals surface area contributed by atoms with Crippen LogP contribution in [-0.4, -0.2) is 44.3 Å². The molecule has 1 aliphatic carbocycles. The summed E-state index contributed by atoms with van der Waals surface area (Å²) in [5, 5.41) is 15.3. The molecule has 1 amide bonds. The molecule has 6 rings (SSSR count). The number of rotatable bonds is 1. The summed E-state index contributed by atoms with van der Waals surface area (Å²) in [6.45, 7) is 0.486. The summed E-state index contributed by atoms with van der Waals surface area (Å²) < 4.78 is 10.1. The van der Waals surface area contributed by atoms with E-state index in [0.29, 0.717) is 23.6 Å². The summed E-state index contributed by atoms with van der Waals surface area (Å²) in [5.74, 6) is 1.20.